The standard InChI is InChI=1S/C16H22N2S/c17-18-14(9-12-5-1-2-6-12)10-13-11-19-16-8-4-3-7-15(13)16/h3-4,7-8,11-12,14,18H,1-2,5-6,9-10,17H2. The maximum atomic E-state index is 5.76. The van der Waals surface area contributed by atoms with Gasteiger partial charge in [0.25, 0.3) is 0 Å². The molecule has 1 aliphatic carbocycles. The van der Waals surface area contributed by atoms with Gasteiger partial charge in [0.1, 0.15) is 0 Å². The lowest BCUT2D eigenvalue weighted by Gasteiger charge is -2.19. The average molecular weight is 274 g/mol. The van der Waals surface area contributed by atoms with Crippen molar-refractivity contribution < 1.29 is 0 Å². The molecule has 1 aliphatic rings. The van der Waals surface area contributed by atoms with Gasteiger partial charge in [-0.1, -0.05) is 43.9 Å². The van der Waals surface area contributed by atoms with Gasteiger partial charge >= 0.3 is 0 Å². The van der Waals surface area contributed by atoms with Crippen molar-refractivity contribution in [3.63, 3.8) is 0 Å². The summed E-state index contributed by atoms with van der Waals surface area (Å²) >= 11 is 1.84. The molecule has 3 rings (SSSR count). The zero-order chi connectivity index (χ0) is 13.1. The topological polar surface area (TPSA) is 38.0 Å². The van der Waals surface area contributed by atoms with E-state index in [1.807, 2.05) is 11.3 Å². The number of nitrogens with one attached hydrogen (secondary N) is 1. The van der Waals surface area contributed by atoms with Gasteiger partial charge in [-0.25, -0.2) is 0 Å². The van der Waals surface area contributed by atoms with Crippen molar-refractivity contribution in [2.45, 2.75) is 44.6 Å². The fraction of sp³-hybridized carbons (Fsp3) is 0.500. The van der Waals surface area contributed by atoms with E-state index in [1.165, 1.54) is 47.8 Å². The van der Waals surface area contributed by atoms with Crippen molar-refractivity contribution in [3.05, 3.63) is 35.2 Å². The highest BCUT2D eigenvalue weighted by molar-refractivity contribution is 7.17. The molecule has 1 unspecified atom stereocenters. The van der Waals surface area contributed by atoms with E-state index in [-0.39, 0.29) is 0 Å². The molecule has 1 aromatic heterocycles. The second kappa shape index (κ2) is 6.04. The van der Waals surface area contributed by atoms with Crippen LogP contribution in [0, 0.1) is 5.92 Å². The number of thiophene rings is 1. The van der Waals surface area contributed by atoms with E-state index in [0.717, 1.165) is 12.3 Å². The molecule has 2 nitrogen and oxygen atoms in total. The molecule has 0 spiro atoms. The second-order valence-electron chi connectivity index (χ2n) is 5.71. The minimum atomic E-state index is 0.418. The van der Waals surface area contributed by atoms with Gasteiger partial charge in [0.05, 0.1) is 0 Å². The SMILES string of the molecule is NNC(Cc1csc2ccccc12)CC1CCCC1. The lowest BCUT2D eigenvalue weighted by molar-refractivity contribution is 0.390. The Kier molecular flexibility index (Phi) is 4.16. The highest BCUT2D eigenvalue weighted by atomic mass is 32.1. The second-order valence-corrected chi connectivity index (χ2v) is 6.62. The van der Waals surface area contributed by atoms with Gasteiger partial charge in [0.2, 0.25) is 0 Å². The Labute approximate surface area is 119 Å². The van der Waals surface area contributed by atoms with E-state index in [0.29, 0.717) is 6.04 Å². The van der Waals surface area contributed by atoms with Crippen LogP contribution in [0.15, 0.2) is 29.6 Å². The first-order chi connectivity index (χ1) is 9.36. The summed E-state index contributed by atoms with van der Waals surface area (Å²) in [5.41, 5.74) is 4.48. The summed E-state index contributed by atoms with van der Waals surface area (Å²) in [7, 11) is 0. The molecule has 0 amide bonds. The first-order valence-corrected chi connectivity index (χ1v) is 8.16. The summed E-state index contributed by atoms with van der Waals surface area (Å²) in [6, 6.07) is 9.08. The summed E-state index contributed by atoms with van der Waals surface area (Å²) in [6.07, 6.45) is 7.87. The Morgan fingerprint density at radius 3 is 2.84 bits per heavy atom. The molecule has 1 atom stereocenters. The Morgan fingerprint density at radius 1 is 1.26 bits per heavy atom. The van der Waals surface area contributed by atoms with Crippen LogP contribution in [0.1, 0.15) is 37.7 Å². The van der Waals surface area contributed by atoms with Gasteiger partial charge in [-0.2, -0.15) is 0 Å². The largest absolute Gasteiger partial charge is 0.271 e. The molecule has 0 aliphatic heterocycles. The number of benzene rings is 1. The van der Waals surface area contributed by atoms with Crippen molar-refractivity contribution in [1.82, 2.24) is 5.43 Å². The number of fused-ring (bicyclic) bond motifs is 1. The highest BCUT2D eigenvalue weighted by Crippen LogP contribution is 2.31. The molecule has 0 saturated heterocycles. The van der Waals surface area contributed by atoms with E-state index in [9.17, 15) is 0 Å². The fourth-order valence-corrected chi connectivity index (χ4v) is 4.29. The predicted molar refractivity (Wildman–Crippen MR) is 83.2 cm³/mol. The quantitative estimate of drug-likeness (QED) is 0.642. The summed E-state index contributed by atoms with van der Waals surface area (Å²) in [4.78, 5) is 0. The molecule has 102 valence electrons. The third kappa shape index (κ3) is 2.99. The number of hydrazine groups is 1. The number of nitrogens with two attached hydrogens (primary N) is 1. The summed E-state index contributed by atoms with van der Waals surface area (Å²) in [6.45, 7) is 0. The van der Waals surface area contributed by atoms with Crippen LogP contribution in [0.5, 0.6) is 0 Å². The fourth-order valence-electron chi connectivity index (χ4n) is 3.32. The van der Waals surface area contributed by atoms with Crippen LogP contribution in [-0.4, -0.2) is 6.04 Å². The van der Waals surface area contributed by atoms with E-state index in [2.05, 4.69) is 35.1 Å². The van der Waals surface area contributed by atoms with Crippen LogP contribution in [0.25, 0.3) is 10.1 Å². The van der Waals surface area contributed by atoms with Gasteiger partial charge < -0.3 is 0 Å². The van der Waals surface area contributed by atoms with Gasteiger partial charge in [0.15, 0.2) is 0 Å². The minimum Gasteiger partial charge on any atom is -0.271 e. The first kappa shape index (κ1) is 13.1. The normalized spacial score (nSPS) is 18.2. The van der Waals surface area contributed by atoms with Crippen molar-refractivity contribution in [1.29, 1.82) is 0 Å². The van der Waals surface area contributed by atoms with Gasteiger partial charge in [-0.3, -0.25) is 11.3 Å². The maximum Gasteiger partial charge on any atom is 0.0345 e. The van der Waals surface area contributed by atoms with Crippen molar-refractivity contribution in [2.75, 3.05) is 0 Å². The minimum absolute atomic E-state index is 0.418. The molecule has 3 N–H and O–H groups in total. The van der Waals surface area contributed by atoms with Crippen LogP contribution in [0.4, 0.5) is 0 Å². The molecule has 1 aromatic carbocycles. The Bertz CT molecular complexity index is 528. The van der Waals surface area contributed by atoms with Gasteiger partial charge in [0, 0.05) is 10.7 Å². The monoisotopic (exact) mass is 274 g/mol. The Morgan fingerprint density at radius 2 is 2.05 bits per heavy atom. The molecular weight excluding hydrogens is 252 g/mol. The van der Waals surface area contributed by atoms with Crippen molar-refractivity contribution in [2.24, 2.45) is 11.8 Å². The zero-order valence-corrected chi connectivity index (χ0v) is 12.1. The average Bonchev–Trinajstić information content (AvgIpc) is 3.08. The van der Waals surface area contributed by atoms with Crippen molar-refractivity contribution >= 4 is 21.4 Å². The molecule has 0 bridgehead atoms. The van der Waals surface area contributed by atoms with Gasteiger partial charge in [-0.15, -0.1) is 11.3 Å². The van der Waals surface area contributed by atoms with Crippen LogP contribution < -0.4 is 11.3 Å². The third-order valence-electron chi connectivity index (χ3n) is 4.36. The predicted octanol–water partition coefficient (Wildman–Crippen LogP) is 3.86. The van der Waals surface area contributed by atoms with Crippen LogP contribution in [-0.2, 0) is 6.42 Å². The van der Waals surface area contributed by atoms with E-state index >= 15 is 0 Å². The number of hydrogen-bond donors (Lipinski definition) is 2. The maximum absolute atomic E-state index is 5.76. The summed E-state index contributed by atoms with van der Waals surface area (Å²) in [5, 5.41) is 3.70. The molecular formula is C16H22N2S. The molecule has 1 heterocycles. The number of rotatable bonds is 5. The van der Waals surface area contributed by atoms with E-state index in [4.69, 9.17) is 5.84 Å². The lowest BCUT2D eigenvalue weighted by atomic mass is 9.94. The molecule has 3 heteroatoms. The summed E-state index contributed by atoms with van der Waals surface area (Å²) in [5.74, 6) is 6.65. The van der Waals surface area contributed by atoms with E-state index in [1.54, 1.807) is 0 Å². The third-order valence-corrected chi connectivity index (χ3v) is 5.37. The zero-order valence-electron chi connectivity index (χ0n) is 11.3. The Balaban J connectivity index is 1.71. The molecule has 0 radical (unpaired) electrons. The number of hydrogen-bond acceptors (Lipinski definition) is 3. The highest BCUT2D eigenvalue weighted by Gasteiger charge is 2.20. The molecule has 1 fully saturated rings. The lowest BCUT2D eigenvalue weighted by Crippen LogP contribution is -2.38. The van der Waals surface area contributed by atoms with Crippen LogP contribution >= 0.6 is 11.3 Å². The molecule has 1 saturated carbocycles. The molecule has 19 heavy (non-hydrogen) atoms. The Hall–Kier alpha value is -0.900. The van der Waals surface area contributed by atoms with Crippen LogP contribution in [0.2, 0.25) is 0 Å². The summed E-state index contributed by atoms with van der Waals surface area (Å²) < 4.78 is 1.38. The smallest absolute Gasteiger partial charge is 0.0345 e. The van der Waals surface area contributed by atoms with Crippen molar-refractivity contribution in [3.8, 4) is 0 Å². The van der Waals surface area contributed by atoms with Crippen LogP contribution in [0.3, 0.4) is 0 Å². The van der Waals surface area contributed by atoms with E-state index < -0.39 is 0 Å². The first-order valence-electron chi connectivity index (χ1n) is 7.28. The van der Waals surface area contributed by atoms with Gasteiger partial charge in [-0.05, 0) is 41.2 Å². The molecule has 2 aromatic rings.